The highest BCUT2D eigenvalue weighted by molar-refractivity contribution is 7.80. The van der Waals surface area contributed by atoms with Gasteiger partial charge in [0.15, 0.2) is 0 Å². The molecule has 0 radical (unpaired) electrons. The first-order valence-electron chi connectivity index (χ1n) is 4.29. The molecule has 0 saturated heterocycles. The number of carbonyl (C=O) groups excluding carboxylic acids is 1. The minimum Gasteiger partial charge on any atom is -0.395 e. The summed E-state index contributed by atoms with van der Waals surface area (Å²) in [5.41, 5.74) is 0. The van der Waals surface area contributed by atoms with E-state index in [2.05, 4.69) is 17.9 Å². The first-order chi connectivity index (χ1) is 5.81. The van der Waals surface area contributed by atoms with Gasteiger partial charge in [0, 0.05) is 13.0 Å². The van der Waals surface area contributed by atoms with Crippen molar-refractivity contribution in [3.05, 3.63) is 0 Å². The summed E-state index contributed by atoms with van der Waals surface area (Å²) in [5, 5.41) is 11.0. The predicted molar refractivity (Wildman–Crippen MR) is 52.4 cm³/mol. The molecule has 0 saturated carbocycles. The summed E-state index contributed by atoms with van der Waals surface area (Å²) in [4.78, 5) is 10.9. The van der Waals surface area contributed by atoms with E-state index >= 15 is 0 Å². The Morgan fingerprint density at radius 2 is 2.08 bits per heavy atom. The van der Waals surface area contributed by atoms with Gasteiger partial charge in [0.05, 0.1) is 6.61 Å². The molecule has 0 rings (SSSR count). The van der Waals surface area contributed by atoms with Gasteiger partial charge < -0.3 is 10.4 Å². The molecule has 2 N–H and O–H groups in total. The maximum absolute atomic E-state index is 10.9. The molecule has 0 bridgehead atoms. The summed E-state index contributed by atoms with van der Waals surface area (Å²) >= 11 is 4.07. The van der Waals surface area contributed by atoms with Crippen molar-refractivity contribution in [2.75, 3.05) is 18.9 Å². The second-order valence-electron chi connectivity index (χ2n) is 2.61. The largest absolute Gasteiger partial charge is 0.395 e. The van der Waals surface area contributed by atoms with Crippen molar-refractivity contribution in [2.24, 2.45) is 0 Å². The van der Waals surface area contributed by atoms with Crippen molar-refractivity contribution in [3.63, 3.8) is 0 Å². The fraction of sp³-hybridized carbons (Fsp3) is 0.875. The van der Waals surface area contributed by atoms with Gasteiger partial charge in [-0.1, -0.05) is 6.42 Å². The van der Waals surface area contributed by atoms with Crippen LogP contribution in [0.3, 0.4) is 0 Å². The zero-order valence-corrected chi connectivity index (χ0v) is 8.15. The zero-order chi connectivity index (χ0) is 9.23. The van der Waals surface area contributed by atoms with E-state index < -0.39 is 0 Å². The first-order valence-corrected chi connectivity index (χ1v) is 4.93. The molecule has 0 aromatic heterocycles. The molecule has 0 aliphatic carbocycles. The van der Waals surface area contributed by atoms with E-state index in [1.165, 1.54) is 0 Å². The van der Waals surface area contributed by atoms with Crippen LogP contribution in [0, 0.1) is 0 Å². The number of carbonyl (C=O) groups is 1. The topological polar surface area (TPSA) is 49.3 Å². The van der Waals surface area contributed by atoms with Gasteiger partial charge in [0.2, 0.25) is 5.91 Å². The van der Waals surface area contributed by atoms with Crippen LogP contribution in [0.25, 0.3) is 0 Å². The molecule has 0 atom stereocenters. The van der Waals surface area contributed by atoms with E-state index in [1.54, 1.807) is 0 Å². The van der Waals surface area contributed by atoms with Crippen LogP contribution in [0.2, 0.25) is 0 Å². The van der Waals surface area contributed by atoms with Gasteiger partial charge >= 0.3 is 0 Å². The monoisotopic (exact) mass is 191 g/mol. The average Bonchev–Trinajstić information content (AvgIpc) is 2.09. The third-order valence-corrected chi connectivity index (χ3v) is 1.81. The van der Waals surface area contributed by atoms with Gasteiger partial charge in [-0.05, 0) is 18.6 Å². The molecular weight excluding hydrogens is 174 g/mol. The Labute approximate surface area is 79.0 Å². The number of hydrogen-bond acceptors (Lipinski definition) is 3. The molecule has 72 valence electrons. The van der Waals surface area contributed by atoms with E-state index in [1.807, 2.05) is 0 Å². The standard InChI is InChI=1S/C8H17NO2S/c10-6-5-9-8(11)4-2-1-3-7-12/h10,12H,1-7H2,(H,9,11). The summed E-state index contributed by atoms with van der Waals surface area (Å²) < 4.78 is 0. The molecule has 1 amide bonds. The molecule has 0 aromatic carbocycles. The SMILES string of the molecule is O=C(CCCCCS)NCCO. The second kappa shape index (κ2) is 8.87. The summed E-state index contributed by atoms with van der Waals surface area (Å²) in [5.74, 6) is 0.918. The summed E-state index contributed by atoms with van der Waals surface area (Å²) in [6, 6.07) is 0. The van der Waals surface area contributed by atoms with Gasteiger partial charge in [-0.3, -0.25) is 4.79 Å². The zero-order valence-electron chi connectivity index (χ0n) is 7.25. The molecule has 0 heterocycles. The Bertz CT molecular complexity index is 120. The van der Waals surface area contributed by atoms with Crippen molar-refractivity contribution < 1.29 is 9.90 Å². The molecule has 3 nitrogen and oxygen atoms in total. The number of thiol groups is 1. The van der Waals surface area contributed by atoms with Gasteiger partial charge in [0.1, 0.15) is 0 Å². The minimum absolute atomic E-state index is 0.0162. The third-order valence-electron chi connectivity index (χ3n) is 1.50. The normalized spacial score (nSPS) is 9.83. The Morgan fingerprint density at radius 3 is 2.67 bits per heavy atom. The number of aliphatic hydroxyl groups excluding tert-OH is 1. The summed E-state index contributed by atoms with van der Waals surface area (Å²) in [6.45, 7) is 0.383. The number of amides is 1. The van der Waals surface area contributed by atoms with Crippen molar-refractivity contribution >= 4 is 18.5 Å². The Balaban J connectivity index is 3.08. The summed E-state index contributed by atoms with van der Waals surface area (Å²) in [7, 11) is 0. The van der Waals surface area contributed by atoms with Crippen LogP contribution in [-0.2, 0) is 4.79 Å². The van der Waals surface area contributed by atoms with Crippen LogP contribution in [0.1, 0.15) is 25.7 Å². The van der Waals surface area contributed by atoms with Crippen molar-refractivity contribution in [1.82, 2.24) is 5.32 Å². The Kier molecular flexibility index (Phi) is 8.71. The van der Waals surface area contributed by atoms with Gasteiger partial charge in [-0.25, -0.2) is 0 Å². The number of rotatable bonds is 7. The first kappa shape index (κ1) is 11.8. The lowest BCUT2D eigenvalue weighted by molar-refractivity contribution is -0.121. The number of unbranched alkanes of at least 4 members (excludes halogenated alkanes) is 2. The maximum Gasteiger partial charge on any atom is 0.220 e. The number of nitrogens with one attached hydrogen (secondary N) is 1. The lowest BCUT2D eigenvalue weighted by atomic mass is 10.2. The number of aliphatic hydroxyl groups is 1. The molecule has 0 aliphatic heterocycles. The molecule has 0 fully saturated rings. The highest BCUT2D eigenvalue weighted by Crippen LogP contribution is 2.00. The number of hydrogen-bond donors (Lipinski definition) is 3. The van der Waals surface area contributed by atoms with Crippen LogP contribution in [-0.4, -0.2) is 29.9 Å². The van der Waals surface area contributed by atoms with Crippen LogP contribution >= 0.6 is 12.6 Å². The van der Waals surface area contributed by atoms with Crippen LogP contribution in [0.15, 0.2) is 0 Å². The molecule has 0 spiro atoms. The smallest absolute Gasteiger partial charge is 0.220 e. The molecule has 4 heteroatoms. The van der Waals surface area contributed by atoms with Crippen molar-refractivity contribution in [3.8, 4) is 0 Å². The van der Waals surface area contributed by atoms with Crippen LogP contribution in [0.4, 0.5) is 0 Å². The molecular formula is C8H17NO2S. The highest BCUT2D eigenvalue weighted by Gasteiger charge is 1.98. The molecule has 12 heavy (non-hydrogen) atoms. The fourth-order valence-electron chi connectivity index (χ4n) is 0.858. The van der Waals surface area contributed by atoms with Gasteiger partial charge in [-0.2, -0.15) is 12.6 Å². The molecule has 0 aromatic rings. The van der Waals surface area contributed by atoms with Crippen molar-refractivity contribution in [1.29, 1.82) is 0 Å². The lowest BCUT2D eigenvalue weighted by Gasteiger charge is -2.01. The van der Waals surface area contributed by atoms with Crippen LogP contribution in [0.5, 0.6) is 0 Å². The lowest BCUT2D eigenvalue weighted by Crippen LogP contribution is -2.25. The Hall–Kier alpha value is -0.220. The van der Waals surface area contributed by atoms with Gasteiger partial charge in [-0.15, -0.1) is 0 Å². The quantitative estimate of drug-likeness (QED) is 0.407. The van der Waals surface area contributed by atoms with E-state index in [-0.39, 0.29) is 12.5 Å². The third kappa shape index (κ3) is 7.88. The predicted octanol–water partition coefficient (Wildman–Crippen LogP) is 0.585. The van der Waals surface area contributed by atoms with E-state index in [4.69, 9.17) is 5.11 Å². The Morgan fingerprint density at radius 1 is 1.33 bits per heavy atom. The van der Waals surface area contributed by atoms with Crippen molar-refractivity contribution in [2.45, 2.75) is 25.7 Å². The molecule has 0 unspecified atom stereocenters. The second-order valence-corrected chi connectivity index (χ2v) is 3.06. The van der Waals surface area contributed by atoms with Crippen LogP contribution < -0.4 is 5.32 Å². The maximum atomic E-state index is 10.9. The van der Waals surface area contributed by atoms with E-state index in [9.17, 15) is 4.79 Å². The minimum atomic E-state index is 0.0162. The average molecular weight is 191 g/mol. The van der Waals surface area contributed by atoms with E-state index in [0.29, 0.717) is 13.0 Å². The summed E-state index contributed by atoms with van der Waals surface area (Å²) in [6.07, 6.45) is 3.60. The fourth-order valence-corrected chi connectivity index (χ4v) is 1.08. The molecule has 0 aliphatic rings. The highest BCUT2D eigenvalue weighted by atomic mass is 32.1. The van der Waals surface area contributed by atoms with Gasteiger partial charge in [0.25, 0.3) is 0 Å². The van der Waals surface area contributed by atoms with E-state index in [0.717, 1.165) is 25.0 Å².